The zero-order valence-corrected chi connectivity index (χ0v) is 17.0. The van der Waals surface area contributed by atoms with Crippen molar-refractivity contribution in [2.75, 3.05) is 13.7 Å². The lowest BCUT2D eigenvalue weighted by Crippen LogP contribution is -2.13. The van der Waals surface area contributed by atoms with E-state index in [9.17, 15) is 4.21 Å². The average molecular weight is 394 g/mol. The molecule has 0 N–H and O–H groups in total. The summed E-state index contributed by atoms with van der Waals surface area (Å²) in [7, 11) is 0.157. The van der Waals surface area contributed by atoms with Gasteiger partial charge in [0.05, 0.1) is 39.3 Å². The van der Waals surface area contributed by atoms with Crippen LogP contribution in [0.1, 0.15) is 19.4 Å². The van der Waals surface area contributed by atoms with Crippen LogP contribution in [0.2, 0.25) is 0 Å². The SMILES string of the molecule is COc1ccc2ccccc2c1S(=O)c1ccccc1C1=N[C@@H](C(C)C)CO1. The van der Waals surface area contributed by atoms with E-state index in [0.717, 1.165) is 16.3 Å². The fourth-order valence-corrected chi connectivity index (χ4v) is 4.87. The molecule has 144 valence electrons. The van der Waals surface area contributed by atoms with Crippen LogP contribution in [0.15, 0.2) is 75.4 Å². The molecule has 0 bridgehead atoms. The fraction of sp³-hybridized carbons (Fsp3) is 0.261. The summed E-state index contributed by atoms with van der Waals surface area (Å²) in [4.78, 5) is 6.08. The van der Waals surface area contributed by atoms with Crippen molar-refractivity contribution in [3.05, 3.63) is 66.2 Å². The summed E-state index contributed by atoms with van der Waals surface area (Å²) < 4.78 is 25.2. The maximum atomic E-state index is 13.8. The number of hydrogen-bond acceptors (Lipinski definition) is 4. The molecular weight excluding hydrogens is 370 g/mol. The molecule has 28 heavy (non-hydrogen) atoms. The van der Waals surface area contributed by atoms with Crippen LogP contribution in [-0.2, 0) is 15.5 Å². The number of ether oxygens (including phenoxy) is 2. The van der Waals surface area contributed by atoms with Crippen LogP contribution in [0.4, 0.5) is 0 Å². The fourth-order valence-electron chi connectivity index (χ4n) is 3.37. The second kappa shape index (κ2) is 7.76. The smallest absolute Gasteiger partial charge is 0.217 e. The topological polar surface area (TPSA) is 47.9 Å². The maximum absolute atomic E-state index is 13.8. The van der Waals surface area contributed by atoms with Crippen molar-refractivity contribution in [2.45, 2.75) is 29.7 Å². The number of aliphatic imine (C=N–C) groups is 1. The van der Waals surface area contributed by atoms with Gasteiger partial charge in [-0.2, -0.15) is 0 Å². The zero-order chi connectivity index (χ0) is 19.7. The lowest BCUT2D eigenvalue weighted by Gasteiger charge is -2.14. The van der Waals surface area contributed by atoms with Crippen molar-refractivity contribution in [3.8, 4) is 5.75 Å². The Kier molecular flexibility index (Phi) is 5.18. The van der Waals surface area contributed by atoms with E-state index in [1.807, 2.05) is 60.7 Å². The van der Waals surface area contributed by atoms with Crippen molar-refractivity contribution in [1.29, 1.82) is 0 Å². The van der Waals surface area contributed by atoms with Crippen LogP contribution >= 0.6 is 0 Å². The predicted molar refractivity (Wildman–Crippen MR) is 113 cm³/mol. The van der Waals surface area contributed by atoms with Gasteiger partial charge >= 0.3 is 0 Å². The van der Waals surface area contributed by atoms with Gasteiger partial charge in [-0.05, 0) is 29.5 Å². The summed E-state index contributed by atoms with van der Waals surface area (Å²) in [5, 5.41) is 1.95. The van der Waals surface area contributed by atoms with Crippen molar-refractivity contribution in [2.24, 2.45) is 10.9 Å². The molecule has 0 spiro atoms. The average Bonchev–Trinajstić information content (AvgIpc) is 3.23. The molecule has 1 aliphatic rings. The van der Waals surface area contributed by atoms with Crippen LogP contribution in [-0.4, -0.2) is 29.9 Å². The Labute approximate surface area is 167 Å². The molecule has 0 saturated heterocycles. The normalized spacial score (nSPS) is 17.4. The van der Waals surface area contributed by atoms with Crippen LogP contribution < -0.4 is 4.74 Å². The minimum absolute atomic E-state index is 0.128. The molecular formula is C23H23NO3S. The van der Waals surface area contributed by atoms with Gasteiger partial charge in [0.25, 0.3) is 0 Å². The first-order valence-corrected chi connectivity index (χ1v) is 10.5. The van der Waals surface area contributed by atoms with Gasteiger partial charge in [0.15, 0.2) is 0 Å². The van der Waals surface area contributed by atoms with Crippen molar-refractivity contribution >= 4 is 27.5 Å². The number of benzene rings is 3. The third-order valence-electron chi connectivity index (χ3n) is 5.01. The maximum Gasteiger partial charge on any atom is 0.217 e. The largest absolute Gasteiger partial charge is 0.495 e. The van der Waals surface area contributed by atoms with E-state index >= 15 is 0 Å². The number of methoxy groups -OCH3 is 1. The second-order valence-corrected chi connectivity index (χ2v) is 8.53. The highest BCUT2D eigenvalue weighted by atomic mass is 32.2. The summed E-state index contributed by atoms with van der Waals surface area (Å²) in [5.41, 5.74) is 0.777. The van der Waals surface area contributed by atoms with E-state index in [1.54, 1.807) is 7.11 Å². The highest BCUT2D eigenvalue weighted by Crippen LogP contribution is 2.35. The van der Waals surface area contributed by atoms with Crippen molar-refractivity contribution in [1.82, 2.24) is 0 Å². The minimum Gasteiger partial charge on any atom is -0.495 e. The summed E-state index contributed by atoms with van der Waals surface area (Å²) in [6.45, 7) is 4.82. The summed E-state index contributed by atoms with van der Waals surface area (Å²) in [5.74, 6) is 1.58. The first kappa shape index (κ1) is 18.7. The molecule has 3 aromatic carbocycles. The van der Waals surface area contributed by atoms with Crippen molar-refractivity contribution < 1.29 is 13.7 Å². The first-order valence-electron chi connectivity index (χ1n) is 9.37. The quantitative estimate of drug-likeness (QED) is 0.625. The van der Waals surface area contributed by atoms with Crippen molar-refractivity contribution in [3.63, 3.8) is 0 Å². The molecule has 1 heterocycles. The van der Waals surface area contributed by atoms with Crippen LogP contribution in [0.25, 0.3) is 10.8 Å². The molecule has 0 amide bonds. The van der Waals surface area contributed by atoms with E-state index in [-0.39, 0.29) is 6.04 Å². The lowest BCUT2D eigenvalue weighted by molar-refractivity contribution is 0.291. The van der Waals surface area contributed by atoms with E-state index in [4.69, 9.17) is 14.5 Å². The van der Waals surface area contributed by atoms with Gasteiger partial charge in [-0.25, -0.2) is 9.20 Å². The first-order chi connectivity index (χ1) is 13.6. The molecule has 0 aromatic heterocycles. The highest BCUT2D eigenvalue weighted by molar-refractivity contribution is 7.85. The number of rotatable bonds is 5. The van der Waals surface area contributed by atoms with E-state index in [0.29, 0.717) is 34.0 Å². The van der Waals surface area contributed by atoms with Gasteiger partial charge in [-0.15, -0.1) is 0 Å². The predicted octanol–water partition coefficient (Wildman–Crippen LogP) is 4.82. The van der Waals surface area contributed by atoms with Gasteiger partial charge in [0.1, 0.15) is 12.4 Å². The second-order valence-electron chi connectivity index (χ2n) is 7.14. The van der Waals surface area contributed by atoms with Gasteiger partial charge in [0.2, 0.25) is 5.90 Å². The number of hydrogen-bond donors (Lipinski definition) is 0. The molecule has 4 rings (SSSR count). The van der Waals surface area contributed by atoms with Gasteiger partial charge in [0, 0.05) is 5.39 Å². The lowest BCUT2D eigenvalue weighted by atomic mass is 10.1. The Morgan fingerprint density at radius 3 is 2.57 bits per heavy atom. The van der Waals surface area contributed by atoms with Gasteiger partial charge in [-0.1, -0.05) is 56.3 Å². The van der Waals surface area contributed by atoms with E-state index in [1.165, 1.54) is 0 Å². The Morgan fingerprint density at radius 1 is 1.07 bits per heavy atom. The van der Waals surface area contributed by atoms with Crippen LogP contribution in [0.3, 0.4) is 0 Å². The van der Waals surface area contributed by atoms with Crippen LogP contribution in [0.5, 0.6) is 5.75 Å². The molecule has 0 saturated carbocycles. The Morgan fingerprint density at radius 2 is 1.82 bits per heavy atom. The zero-order valence-electron chi connectivity index (χ0n) is 16.2. The Balaban J connectivity index is 1.85. The van der Waals surface area contributed by atoms with Gasteiger partial charge < -0.3 is 9.47 Å². The Hall–Kier alpha value is -2.66. The molecule has 0 radical (unpaired) electrons. The molecule has 1 aliphatic heterocycles. The van der Waals surface area contributed by atoms with E-state index in [2.05, 4.69) is 13.8 Å². The van der Waals surface area contributed by atoms with Gasteiger partial charge in [-0.3, -0.25) is 0 Å². The summed E-state index contributed by atoms with van der Waals surface area (Å²) >= 11 is 0. The molecule has 3 aromatic rings. The molecule has 1 unspecified atom stereocenters. The summed E-state index contributed by atoms with van der Waals surface area (Å²) in [6.07, 6.45) is 0. The van der Waals surface area contributed by atoms with E-state index < -0.39 is 10.8 Å². The minimum atomic E-state index is -1.45. The summed E-state index contributed by atoms with van der Waals surface area (Å²) in [6, 6.07) is 19.5. The molecule has 4 nitrogen and oxygen atoms in total. The molecule has 0 fully saturated rings. The number of nitrogens with zero attached hydrogens (tertiary/aromatic N) is 1. The standard InChI is InChI=1S/C23H23NO3S/c1-15(2)19-14-27-23(24-19)18-10-6-7-11-21(18)28(25)22-17-9-5-4-8-16(17)12-13-20(22)26-3/h4-13,15,19H,14H2,1-3H3/t19-,28?/m1/s1. The van der Waals surface area contributed by atoms with Crippen LogP contribution in [0, 0.1) is 5.92 Å². The molecule has 5 heteroatoms. The third-order valence-corrected chi connectivity index (χ3v) is 6.56. The third kappa shape index (κ3) is 3.31. The molecule has 0 aliphatic carbocycles. The highest BCUT2D eigenvalue weighted by Gasteiger charge is 2.27. The number of fused-ring (bicyclic) bond motifs is 1. The monoisotopic (exact) mass is 393 g/mol. The Bertz CT molecular complexity index is 1070. The molecule has 2 atom stereocenters.